The number of benzene rings is 1. The van der Waals surface area contributed by atoms with Crippen molar-refractivity contribution in [3.63, 3.8) is 0 Å². The van der Waals surface area contributed by atoms with Gasteiger partial charge in [-0.05, 0) is 27.7 Å². The van der Waals surface area contributed by atoms with Crippen molar-refractivity contribution in [2.75, 3.05) is 14.2 Å². The van der Waals surface area contributed by atoms with Gasteiger partial charge in [0.25, 0.3) is 0 Å². The van der Waals surface area contributed by atoms with Crippen LogP contribution in [0.1, 0.15) is 33.3 Å². The Bertz CT molecular complexity index is 585. The summed E-state index contributed by atoms with van der Waals surface area (Å²) < 4.78 is 22.4. The summed E-state index contributed by atoms with van der Waals surface area (Å²) in [4.78, 5) is 0. The molecule has 0 N–H and O–H groups in total. The Morgan fingerprint density at radius 2 is 1.39 bits per heavy atom. The van der Waals surface area contributed by atoms with Gasteiger partial charge in [0, 0.05) is 11.6 Å². The van der Waals surface area contributed by atoms with Crippen LogP contribution in [0.15, 0.2) is 12.0 Å². The van der Waals surface area contributed by atoms with Crippen LogP contribution in [0.4, 0.5) is 0 Å². The van der Waals surface area contributed by atoms with Gasteiger partial charge in [-0.1, -0.05) is 35.3 Å². The van der Waals surface area contributed by atoms with E-state index in [0.717, 1.165) is 0 Å². The molecule has 0 unspecified atom stereocenters. The normalized spacial score (nSPS) is 19.4. The molecule has 1 aliphatic heterocycles. The monoisotopic (exact) mass is 358 g/mol. The summed E-state index contributed by atoms with van der Waals surface area (Å²) in [6.07, 6.45) is 1.76. The highest BCUT2D eigenvalue weighted by Crippen LogP contribution is 2.42. The molecular formula is C16H21BCl2O4. The van der Waals surface area contributed by atoms with E-state index in [0.29, 0.717) is 27.1 Å². The predicted octanol–water partition coefficient (Wildman–Crippen LogP) is 4.66. The lowest BCUT2D eigenvalue weighted by Gasteiger charge is -2.32. The summed E-state index contributed by atoms with van der Waals surface area (Å²) in [5.74, 6) is 2.76. The lowest BCUT2D eigenvalue weighted by molar-refractivity contribution is 0.00578. The van der Waals surface area contributed by atoms with Crippen LogP contribution in [0.3, 0.4) is 0 Å². The van der Waals surface area contributed by atoms with Crippen molar-refractivity contribution in [1.29, 1.82) is 0 Å². The third-order valence-corrected chi connectivity index (χ3v) is 5.08. The topological polar surface area (TPSA) is 36.9 Å². The second-order valence-electron chi connectivity index (χ2n) is 6.31. The minimum absolute atomic E-state index is 0.401. The van der Waals surface area contributed by atoms with Gasteiger partial charge in [0.05, 0.1) is 35.5 Å². The number of hydrogen-bond donors (Lipinski definition) is 0. The van der Waals surface area contributed by atoms with Gasteiger partial charge in [-0.3, -0.25) is 0 Å². The maximum absolute atomic E-state index is 6.34. The molecule has 0 atom stereocenters. The zero-order valence-electron chi connectivity index (χ0n) is 14.2. The molecule has 23 heavy (non-hydrogen) atoms. The Kier molecular flexibility index (Phi) is 5.26. The molecule has 0 aromatic heterocycles. The fraction of sp³-hybridized carbons (Fsp3) is 0.500. The van der Waals surface area contributed by atoms with E-state index in [1.807, 2.05) is 27.7 Å². The summed E-state index contributed by atoms with van der Waals surface area (Å²) in [6, 6.07) is 1.65. The smallest absolute Gasteiger partial charge is 0.487 e. The number of rotatable bonds is 4. The highest BCUT2D eigenvalue weighted by molar-refractivity contribution is 6.53. The predicted molar refractivity (Wildman–Crippen MR) is 94.7 cm³/mol. The number of ether oxygens (including phenoxy) is 2. The van der Waals surface area contributed by atoms with E-state index in [2.05, 4.69) is 0 Å². The zero-order chi connectivity index (χ0) is 17.4. The summed E-state index contributed by atoms with van der Waals surface area (Å²) in [5, 5.41) is 0.817. The van der Waals surface area contributed by atoms with Crippen LogP contribution in [0, 0.1) is 0 Å². The Balaban J connectivity index is 2.34. The van der Waals surface area contributed by atoms with Crippen molar-refractivity contribution >= 4 is 36.4 Å². The van der Waals surface area contributed by atoms with Crippen molar-refractivity contribution in [3.05, 3.63) is 27.7 Å². The van der Waals surface area contributed by atoms with Gasteiger partial charge in [0.2, 0.25) is 0 Å². The average molecular weight is 359 g/mol. The third-order valence-electron chi connectivity index (χ3n) is 4.30. The molecule has 1 saturated heterocycles. The minimum atomic E-state index is -0.482. The first-order chi connectivity index (χ1) is 10.6. The van der Waals surface area contributed by atoms with E-state index >= 15 is 0 Å². The highest BCUT2D eigenvalue weighted by Gasteiger charge is 2.50. The molecule has 126 valence electrons. The standard InChI is InChI=1S/C16H21BCl2O4/c1-15(2)16(3,4)23-17(22-15)8-7-10-13(18)11(20-5)9-12(21-6)14(10)19/h7-9H,1-6H3/b8-7+. The molecule has 0 bridgehead atoms. The van der Waals surface area contributed by atoms with E-state index in [1.165, 1.54) is 14.2 Å². The SMILES string of the molecule is COc1cc(OC)c(Cl)c(/C=C/B2OC(C)(C)C(C)(C)O2)c1Cl. The molecule has 1 aromatic carbocycles. The lowest BCUT2D eigenvalue weighted by atomic mass is 9.89. The molecule has 2 rings (SSSR count). The van der Waals surface area contributed by atoms with Crippen LogP contribution in [-0.2, 0) is 9.31 Å². The third kappa shape index (κ3) is 3.48. The molecule has 1 aliphatic rings. The van der Waals surface area contributed by atoms with E-state index in [9.17, 15) is 0 Å². The van der Waals surface area contributed by atoms with Crippen molar-refractivity contribution in [2.45, 2.75) is 38.9 Å². The minimum Gasteiger partial charge on any atom is -0.495 e. The number of hydrogen-bond acceptors (Lipinski definition) is 4. The van der Waals surface area contributed by atoms with E-state index < -0.39 is 18.3 Å². The van der Waals surface area contributed by atoms with Crippen LogP contribution in [0.25, 0.3) is 6.08 Å². The molecule has 7 heteroatoms. The summed E-state index contributed by atoms with van der Waals surface area (Å²) in [5.41, 5.74) is -0.206. The summed E-state index contributed by atoms with van der Waals surface area (Å²) in [6.45, 7) is 7.98. The number of methoxy groups -OCH3 is 2. The van der Waals surface area contributed by atoms with E-state index in [1.54, 1.807) is 18.1 Å². The summed E-state index contributed by atoms with van der Waals surface area (Å²) in [7, 11) is 2.59. The molecule has 0 radical (unpaired) electrons. The Hall–Kier alpha value is -0.875. The van der Waals surface area contributed by atoms with Gasteiger partial charge in [-0.15, -0.1) is 0 Å². The van der Waals surface area contributed by atoms with Gasteiger partial charge in [-0.2, -0.15) is 0 Å². The van der Waals surface area contributed by atoms with Gasteiger partial charge in [-0.25, -0.2) is 0 Å². The second kappa shape index (κ2) is 6.56. The Morgan fingerprint density at radius 3 is 1.78 bits per heavy atom. The molecule has 0 saturated carbocycles. The van der Waals surface area contributed by atoms with E-state index in [4.69, 9.17) is 42.0 Å². The molecule has 0 amide bonds. The Morgan fingerprint density at radius 1 is 0.957 bits per heavy atom. The van der Waals surface area contributed by atoms with Crippen molar-refractivity contribution in [1.82, 2.24) is 0 Å². The van der Waals surface area contributed by atoms with Crippen LogP contribution in [0.5, 0.6) is 11.5 Å². The fourth-order valence-corrected chi connectivity index (χ4v) is 2.82. The van der Waals surface area contributed by atoms with Gasteiger partial charge in [0.1, 0.15) is 11.5 Å². The van der Waals surface area contributed by atoms with E-state index in [-0.39, 0.29) is 0 Å². The fourth-order valence-electron chi connectivity index (χ4n) is 2.19. The van der Waals surface area contributed by atoms with Gasteiger partial charge < -0.3 is 18.8 Å². The van der Waals surface area contributed by atoms with Gasteiger partial charge >= 0.3 is 7.12 Å². The van der Waals surface area contributed by atoms with Crippen molar-refractivity contribution < 1.29 is 18.8 Å². The molecule has 1 aromatic rings. The molecule has 1 fully saturated rings. The molecule has 0 spiro atoms. The zero-order valence-corrected chi connectivity index (χ0v) is 15.7. The quantitative estimate of drug-likeness (QED) is 0.734. The number of halogens is 2. The largest absolute Gasteiger partial charge is 0.495 e. The molecule has 0 aliphatic carbocycles. The van der Waals surface area contributed by atoms with Crippen LogP contribution in [-0.4, -0.2) is 32.5 Å². The van der Waals surface area contributed by atoms with Crippen molar-refractivity contribution in [2.24, 2.45) is 0 Å². The lowest BCUT2D eigenvalue weighted by Crippen LogP contribution is -2.41. The van der Waals surface area contributed by atoms with Crippen LogP contribution >= 0.6 is 23.2 Å². The molecular weight excluding hydrogens is 338 g/mol. The summed E-state index contributed by atoms with van der Waals surface area (Å²) >= 11 is 12.7. The highest BCUT2D eigenvalue weighted by atomic mass is 35.5. The average Bonchev–Trinajstić information content (AvgIpc) is 2.67. The second-order valence-corrected chi connectivity index (χ2v) is 7.06. The molecule has 4 nitrogen and oxygen atoms in total. The first kappa shape index (κ1) is 18.5. The first-order valence-corrected chi connectivity index (χ1v) is 8.02. The maximum atomic E-state index is 6.34. The van der Waals surface area contributed by atoms with Crippen LogP contribution in [0.2, 0.25) is 10.0 Å². The van der Waals surface area contributed by atoms with Crippen LogP contribution < -0.4 is 9.47 Å². The first-order valence-electron chi connectivity index (χ1n) is 7.27. The van der Waals surface area contributed by atoms with Crippen molar-refractivity contribution in [3.8, 4) is 11.5 Å². The Labute approximate surface area is 147 Å². The van der Waals surface area contributed by atoms with Gasteiger partial charge in [0.15, 0.2) is 0 Å². The maximum Gasteiger partial charge on any atom is 0.487 e. The molecule has 1 heterocycles.